The van der Waals surface area contributed by atoms with Crippen molar-refractivity contribution in [1.82, 2.24) is 0 Å². The number of aliphatic hydroxyl groups is 1. The summed E-state index contributed by atoms with van der Waals surface area (Å²) >= 11 is 6.06. The van der Waals surface area contributed by atoms with Gasteiger partial charge in [-0.25, -0.2) is 0 Å². The molecule has 0 radical (unpaired) electrons. The second-order valence-electron chi connectivity index (χ2n) is 3.46. The van der Waals surface area contributed by atoms with Crippen LogP contribution in [0.2, 0.25) is 0 Å². The summed E-state index contributed by atoms with van der Waals surface area (Å²) in [6.45, 7) is 0. The Bertz CT molecular complexity index is 319. The summed E-state index contributed by atoms with van der Waals surface area (Å²) < 4.78 is 0. The number of fused-ring (bicyclic) bond motifs is 1. The molecule has 1 aliphatic carbocycles. The van der Waals surface area contributed by atoms with Crippen LogP contribution in [-0.4, -0.2) is 17.3 Å². The Morgan fingerprint density at radius 2 is 2.00 bits per heavy atom. The topological polar surface area (TPSA) is 46.2 Å². The first-order valence-corrected chi connectivity index (χ1v) is 4.79. The van der Waals surface area contributed by atoms with Crippen LogP contribution in [0.25, 0.3) is 0 Å². The van der Waals surface area contributed by atoms with Gasteiger partial charge in [0.05, 0.1) is 11.5 Å². The average Bonchev–Trinajstić information content (AvgIpc) is 2.15. The summed E-state index contributed by atoms with van der Waals surface area (Å²) in [6, 6.07) is 7.61. The molecule has 0 spiro atoms. The van der Waals surface area contributed by atoms with Crippen LogP contribution in [0, 0.1) is 0 Å². The molecule has 0 aliphatic heterocycles. The van der Waals surface area contributed by atoms with Crippen molar-refractivity contribution in [1.29, 1.82) is 0 Å². The van der Waals surface area contributed by atoms with Crippen molar-refractivity contribution in [3.8, 4) is 0 Å². The van der Waals surface area contributed by atoms with Gasteiger partial charge in [-0.05, 0) is 17.5 Å². The summed E-state index contributed by atoms with van der Waals surface area (Å²) in [5.74, 6) is 0. The van der Waals surface area contributed by atoms with E-state index in [1.807, 2.05) is 24.3 Å². The van der Waals surface area contributed by atoms with Crippen molar-refractivity contribution < 1.29 is 5.11 Å². The highest BCUT2D eigenvalue weighted by Gasteiger charge is 2.31. The van der Waals surface area contributed by atoms with Crippen LogP contribution < -0.4 is 5.73 Å². The van der Waals surface area contributed by atoms with E-state index >= 15 is 0 Å². The third-order valence-corrected chi connectivity index (χ3v) is 3.04. The van der Waals surface area contributed by atoms with E-state index in [-0.39, 0.29) is 23.8 Å². The van der Waals surface area contributed by atoms with Gasteiger partial charge >= 0.3 is 0 Å². The lowest BCUT2D eigenvalue weighted by atomic mass is 9.86. The fourth-order valence-electron chi connectivity index (χ4n) is 1.76. The lowest BCUT2D eigenvalue weighted by Crippen LogP contribution is -2.42. The van der Waals surface area contributed by atoms with Crippen molar-refractivity contribution in [2.75, 3.05) is 0 Å². The van der Waals surface area contributed by atoms with Crippen LogP contribution in [0.1, 0.15) is 16.5 Å². The molecule has 0 unspecified atom stereocenters. The normalized spacial score (nSPS) is 30.4. The minimum absolute atomic E-state index is 0. The van der Waals surface area contributed by atoms with E-state index in [0.29, 0.717) is 6.42 Å². The third-order valence-electron chi connectivity index (χ3n) is 2.55. The fourth-order valence-corrected chi connectivity index (χ4v) is 2.16. The maximum absolute atomic E-state index is 9.64. The van der Waals surface area contributed by atoms with Gasteiger partial charge in [-0.1, -0.05) is 24.3 Å². The molecule has 1 aliphatic rings. The minimum atomic E-state index is -0.628. The number of alkyl halides is 1. The molecule has 0 amide bonds. The van der Waals surface area contributed by atoms with Gasteiger partial charge in [-0.15, -0.1) is 24.0 Å². The van der Waals surface area contributed by atoms with Crippen molar-refractivity contribution >= 4 is 24.0 Å². The van der Waals surface area contributed by atoms with Crippen molar-refractivity contribution in [3.05, 3.63) is 35.4 Å². The summed E-state index contributed by atoms with van der Waals surface area (Å²) in [5.41, 5.74) is 7.91. The monoisotopic (exact) mass is 233 g/mol. The van der Waals surface area contributed by atoms with Crippen LogP contribution in [0.15, 0.2) is 24.3 Å². The number of benzene rings is 1. The van der Waals surface area contributed by atoms with E-state index < -0.39 is 6.10 Å². The third kappa shape index (κ3) is 1.89. The first-order chi connectivity index (χ1) is 6.20. The summed E-state index contributed by atoms with van der Waals surface area (Å²) in [7, 11) is 0. The van der Waals surface area contributed by atoms with E-state index in [1.165, 1.54) is 0 Å². The zero-order valence-corrected chi connectivity index (χ0v) is 9.13. The molecule has 2 rings (SSSR count). The molecule has 3 N–H and O–H groups in total. The molecule has 0 fully saturated rings. The molecule has 4 heteroatoms. The van der Waals surface area contributed by atoms with Gasteiger partial charge in [-0.2, -0.15) is 0 Å². The molecule has 0 saturated heterocycles. The second kappa shape index (κ2) is 4.49. The molecule has 14 heavy (non-hydrogen) atoms. The van der Waals surface area contributed by atoms with Gasteiger partial charge in [0, 0.05) is 6.04 Å². The van der Waals surface area contributed by atoms with Crippen LogP contribution in [0.5, 0.6) is 0 Å². The van der Waals surface area contributed by atoms with Crippen molar-refractivity contribution in [2.24, 2.45) is 5.73 Å². The maximum atomic E-state index is 9.64. The van der Waals surface area contributed by atoms with E-state index in [9.17, 15) is 5.11 Å². The highest BCUT2D eigenvalue weighted by molar-refractivity contribution is 6.21. The Morgan fingerprint density at radius 1 is 1.36 bits per heavy atom. The number of halogens is 2. The molecule has 2 nitrogen and oxygen atoms in total. The predicted octanol–water partition coefficient (Wildman–Crippen LogP) is 1.63. The SMILES string of the molecule is Cl.N[C@@H]1Cc2ccccc2[C@@H](Cl)[C@@H]1O. The average molecular weight is 234 g/mol. The number of aliphatic hydroxyl groups excluding tert-OH is 1. The van der Waals surface area contributed by atoms with Gasteiger partial charge in [0.2, 0.25) is 0 Å². The van der Waals surface area contributed by atoms with Crippen molar-refractivity contribution in [3.63, 3.8) is 0 Å². The largest absolute Gasteiger partial charge is 0.390 e. The molecule has 3 atom stereocenters. The maximum Gasteiger partial charge on any atom is 0.0898 e. The van der Waals surface area contributed by atoms with Gasteiger partial charge in [0.15, 0.2) is 0 Å². The van der Waals surface area contributed by atoms with Crippen LogP contribution in [0.4, 0.5) is 0 Å². The summed E-state index contributed by atoms with van der Waals surface area (Å²) in [6.07, 6.45) is 0.0807. The van der Waals surface area contributed by atoms with E-state index in [1.54, 1.807) is 0 Å². The zero-order valence-electron chi connectivity index (χ0n) is 7.56. The molecular weight excluding hydrogens is 221 g/mol. The van der Waals surface area contributed by atoms with Gasteiger partial charge in [-0.3, -0.25) is 0 Å². The zero-order chi connectivity index (χ0) is 9.42. The number of nitrogens with two attached hydrogens (primary N) is 1. The molecule has 0 heterocycles. The Balaban J connectivity index is 0.000000980. The van der Waals surface area contributed by atoms with Crippen LogP contribution in [0.3, 0.4) is 0 Å². The first-order valence-electron chi connectivity index (χ1n) is 4.35. The highest BCUT2D eigenvalue weighted by atomic mass is 35.5. The van der Waals surface area contributed by atoms with Crippen molar-refractivity contribution in [2.45, 2.75) is 23.9 Å². The second-order valence-corrected chi connectivity index (χ2v) is 3.93. The predicted molar refractivity (Wildman–Crippen MR) is 60.0 cm³/mol. The van der Waals surface area contributed by atoms with E-state index in [2.05, 4.69) is 0 Å². The lowest BCUT2D eigenvalue weighted by Gasteiger charge is -2.30. The number of hydrogen-bond acceptors (Lipinski definition) is 2. The number of hydrogen-bond donors (Lipinski definition) is 2. The quantitative estimate of drug-likeness (QED) is 0.670. The Morgan fingerprint density at radius 3 is 2.71 bits per heavy atom. The molecule has 1 aromatic carbocycles. The molecule has 1 aromatic rings. The van der Waals surface area contributed by atoms with Gasteiger partial charge in [0.1, 0.15) is 0 Å². The van der Waals surface area contributed by atoms with Gasteiger partial charge in [0.25, 0.3) is 0 Å². The summed E-state index contributed by atoms with van der Waals surface area (Å²) in [4.78, 5) is 0. The van der Waals surface area contributed by atoms with Crippen LogP contribution >= 0.6 is 24.0 Å². The van der Waals surface area contributed by atoms with E-state index in [0.717, 1.165) is 11.1 Å². The fraction of sp³-hybridized carbons (Fsp3) is 0.400. The van der Waals surface area contributed by atoms with Gasteiger partial charge < -0.3 is 10.8 Å². The first kappa shape index (κ1) is 11.8. The molecule has 0 saturated carbocycles. The molecule has 0 bridgehead atoms. The minimum Gasteiger partial charge on any atom is -0.390 e. The standard InChI is InChI=1S/C10H12ClNO.ClH/c11-9-7-4-2-1-3-6(7)5-8(12)10(9)13;/h1-4,8-10,13H,5,12H2;1H/t8-,9-,10-;/m1./s1. The lowest BCUT2D eigenvalue weighted by molar-refractivity contribution is 0.132. The molecular formula is C10H13Cl2NO. The number of rotatable bonds is 0. The summed E-state index contributed by atoms with van der Waals surface area (Å²) in [5, 5.41) is 9.27. The smallest absolute Gasteiger partial charge is 0.0898 e. The van der Waals surface area contributed by atoms with Crippen LogP contribution in [-0.2, 0) is 6.42 Å². The highest BCUT2D eigenvalue weighted by Crippen LogP contribution is 2.33. The Kier molecular flexibility index (Phi) is 3.78. The molecule has 0 aromatic heterocycles. The Hall–Kier alpha value is -0.280. The van der Waals surface area contributed by atoms with E-state index in [4.69, 9.17) is 17.3 Å². The Labute approximate surface area is 94.5 Å². The molecule has 78 valence electrons.